The maximum absolute atomic E-state index is 12.0. The minimum atomic E-state index is 0.0699. The lowest BCUT2D eigenvalue weighted by molar-refractivity contribution is -0.116. The maximum atomic E-state index is 12.0. The third kappa shape index (κ3) is 4.23. The Morgan fingerprint density at radius 1 is 1.40 bits per heavy atom. The molecule has 1 amide bonds. The summed E-state index contributed by atoms with van der Waals surface area (Å²) in [6.07, 6.45) is 4.27. The smallest absolute Gasteiger partial charge is 0.225 e. The second-order valence-electron chi connectivity index (χ2n) is 5.64. The van der Waals surface area contributed by atoms with E-state index in [4.69, 9.17) is 5.73 Å². The number of nitrogens with two attached hydrogens (primary N) is 1. The number of carbonyl (C=O) groups excluding carboxylic acids is 1. The average Bonchev–Trinajstić information content (AvgIpc) is 3.23. The van der Waals surface area contributed by atoms with Crippen molar-refractivity contribution in [2.45, 2.75) is 45.6 Å². The lowest BCUT2D eigenvalue weighted by atomic mass is 10.2. The fraction of sp³-hybridized carbons (Fsp3) is 0.562. The number of hydrogen-bond donors (Lipinski definition) is 2. The number of hydrogen-bond acceptors (Lipinski definition) is 3. The monoisotopic (exact) mass is 275 g/mol. The minimum absolute atomic E-state index is 0.0699. The third-order valence-electron chi connectivity index (χ3n) is 3.74. The summed E-state index contributed by atoms with van der Waals surface area (Å²) in [5.41, 5.74) is 8.30. The zero-order valence-corrected chi connectivity index (χ0v) is 12.5. The number of amides is 1. The fourth-order valence-corrected chi connectivity index (χ4v) is 2.44. The van der Waals surface area contributed by atoms with Gasteiger partial charge >= 0.3 is 0 Å². The van der Waals surface area contributed by atoms with Crippen LogP contribution in [-0.4, -0.2) is 29.9 Å². The number of benzene rings is 1. The van der Waals surface area contributed by atoms with Crippen molar-refractivity contribution in [2.24, 2.45) is 0 Å². The van der Waals surface area contributed by atoms with Crippen LogP contribution in [0, 0.1) is 6.92 Å². The molecule has 4 heteroatoms. The van der Waals surface area contributed by atoms with Crippen molar-refractivity contribution in [1.29, 1.82) is 0 Å². The van der Waals surface area contributed by atoms with Crippen LogP contribution in [0.15, 0.2) is 18.2 Å². The van der Waals surface area contributed by atoms with Crippen LogP contribution in [0.4, 0.5) is 11.4 Å². The van der Waals surface area contributed by atoms with Gasteiger partial charge in [-0.2, -0.15) is 0 Å². The summed E-state index contributed by atoms with van der Waals surface area (Å²) in [6.45, 7) is 6.11. The first kappa shape index (κ1) is 14.9. The van der Waals surface area contributed by atoms with Crippen molar-refractivity contribution in [3.63, 3.8) is 0 Å². The van der Waals surface area contributed by atoms with Gasteiger partial charge < -0.3 is 11.1 Å². The number of nitrogens with one attached hydrogen (secondary N) is 1. The molecular formula is C16H25N3O. The van der Waals surface area contributed by atoms with Gasteiger partial charge in [-0.3, -0.25) is 9.69 Å². The molecule has 1 saturated carbocycles. The molecule has 0 unspecified atom stereocenters. The van der Waals surface area contributed by atoms with E-state index in [1.807, 2.05) is 25.1 Å². The van der Waals surface area contributed by atoms with Crippen molar-refractivity contribution >= 4 is 17.3 Å². The van der Waals surface area contributed by atoms with Crippen LogP contribution >= 0.6 is 0 Å². The second-order valence-corrected chi connectivity index (χ2v) is 5.64. The van der Waals surface area contributed by atoms with Gasteiger partial charge in [-0.15, -0.1) is 0 Å². The highest BCUT2D eigenvalue weighted by Gasteiger charge is 2.28. The van der Waals surface area contributed by atoms with E-state index in [2.05, 4.69) is 17.1 Å². The SMILES string of the molecule is CCCN(CCC(=O)Nc1cc(N)ccc1C)C1CC1. The van der Waals surface area contributed by atoms with Gasteiger partial charge in [0.15, 0.2) is 0 Å². The zero-order chi connectivity index (χ0) is 14.5. The molecule has 0 atom stereocenters. The number of aryl methyl sites for hydroxylation is 1. The van der Waals surface area contributed by atoms with E-state index in [9.17, 15) is 4.79 Å². The topological polar surface area (TPSA) is 58.4 Å². The van der Waals surface area contributed by atoms with E-state index in [0.29, 0.717) is 12.1 Å². The standard InChI is InChI=1S/C16H25N3O/c1-3-9-19(14-6-7-14)10-8-16(20)18-15-11-13(17)5-4-12(15)2/h4-5,11,14H,3,6-10,17H2,1-2H3,(H,18,20). The van der Waals surface area contributed by atoms with E-state index >= 15 is 0 Å². The second kappa shape index (κ2) is 6.75. The van der Waals surface area contributed by atoms with E-state index < -0.39 is 0 Å². The summed E-state index contributed by atoms with van der Waals surface area (Å²) >= 11 is 0. The van der Waals surface area contributed by atoms with E-state index in [1.165, 1.54) is 12.8 Å². The van der Waals surface area contributed by atoms with Gasteiger partial charge in [0.05, 0.1) is 0 Å². The van der Waals surface area contributed by atoms with Gasteiger partial charge in [0.25, 0.3) is 0 Å². The molecule has 4 nitrogen and oxygen atoms in total. The highest BCUT2D eigenvalue weighted by Crippen LogP contribution is 2.27. The molecule has 1 aromatic rings. The molecule has 1 aliphatic carbocycles. The summed E-state index contributed by atoms with van der Waals surface area (Å²) in [5.74, 6) is 0.0699. The number of rotatable bonds is 7. The molecule has 0 spiro atoms. The summed E-state index contributed by atoms with van der Waals surface area (Å²) in [6, 6.07) is 6.31. The lowest BCUT2D eigenvalue weighted by Gasteiger charge is -2.20. The first-order valence-electron chi connectivity index (χ1n) is 7.50. The molecule has 0 aliphatic heterocycles. The van der Waals surface area contributed by atoms with Gasteiger partial charge in [-0.05, 0) is 50.4 Å². The maximum Gasteiger partial charge on any atom is 0.225 e. The Labute approximate surface area is 121 Å². The Kier molecular flexibility index (Phi) is 5.01. The predicted octanol–water partition coefficient (Wildman–Crippen LogP) is 2.78. The van der Waals surface area contributed by atoms with Crippen LogP contribution in [0.1, 0.15) is 38.2 Å². The van der Waals surface area contributed by atoms with Gasteiger partial charge in [-0.25, -0.2) is 0 Å². The highest BCUT2D eigenvalue weighted by molar-refractivity contribution is 5.92. The predicted molar refractivity (Wildman–Crippen MR) is 83.7 cm³/mol. The third-order valence-corrected chi connectivity index (χ3v) is 3.74. The molecule has 20 heavy (non-hydrogen) atoms. The summed E-state index contributed by atoms with van der Waals surface area (Å²) in [7, 11) is 0. The van der Waals surface area contributed by atoms with Crippen LogP contribution < -0.4 is 11.1 Å². The summed E-state index contributed by atoms with van der Waals surface area (Å²) in [5, 5.41) is 2.96. The first-order chi connectivity index (χ1) is 9.60. The minimum Gasteiger partial charge on any atom is -0.399 e. The molecule has 0 heterocycles. The average molecular weight is 275 g/mol. The van der Waals surface area contributed by atoms with Crippen molar-refractivity contribution in [1.82, 2.24) is 4.90 Å². The van der Waals surface area contributed by atoms with E-state index in [-0.39, 0.29) is 5.91 Å². The Balaban J connectivity index is 1.84. The fourth-order valence-electron chi connectivity index (χ4n) is 2.44. The molecule has 0 saturated heterocycles. The van der Waals surface area contributed by atoms with Gasteiger partial charge in [-0.1, -0.05) is 13.0 Å². The normalized spacial score (nSPS) is 14.6. The molecule has 0 radical (unpaired) electrons. The zero-order valence-electron chi connectivity index (χ0n) is 12.5. The van der Waals surface area contributed by atoms with Crippen LogP contribution in [-0.2, 0) is 4.79 Å². The van der Waals surface area contributed by atoms with Crippen molar-refractivity contribution in [3.8, 4) is 0 Å². The Hall–Kier alpha value is -1.55. The Bertz CT molecular complexity index is 469. The Morgan fingerprint density at radius 2 is 2.15 bits per heavy atom. The van der Waals surface area contributed by atoms with Crippen LogP contribution in [0.3, 0.4) is 0 Å². The Morgan fingerprint density at radius 3 is 2.80 bits per heavy atom. The largest absolute Gasteiger partial charge is 0.399 e. The molecule has 0 bridgehead atoms. The molecule has 1 aromatic carbocycles. The van der Waals surface area contributed by atoms with Gasteiger partial charge in [0.2, 0.25) is 5.91 Å². The number of nitrogens with zero attached hydrogens (tertiary/aromatic N) is 1. The number of nitrogen functional groups attached to an aromatic ring is 1. The van der Waals surface area contributed by atoms with E-state index in [0.717, 1.165) is 36.8 Å². The van der Waals surface area contributed by atoms with Crippen molar-refractivity contribution in [2.75, 3.05) is 24.1 Å². The van der Waals surface area contributed by atoms with Crippen molar-refractivity contribution in [3.05, 3.63) is 23.8 Å². The highest BCUT2D eigenvalue weighted by atomic mass is 16.1. The number of anilines is 2. The first-order valence-corrected chi connectivity index (χ1v) is 7.50. The molecule has 0 aromatic heterocycles. The lowest BCUT2D eigenvalue weighted by Crippen LogP contribution is -2.30. The molecule has 1 fully saturated rings. The van der Waals surface area contributed by atoms with Gasteiger partial charge in [0, 0.05) is 30.4 Å². The van der Waals surface area contributed by atoms with Crippen LogP contribution in [0.5, 0.6) is 0 Å². The van der Waals surface area contributed by atoms with Crippen molar-refractivity contribution < 1.29 is 4.79 Å². The van der Waals surface area contributed by atoms with Crippen LogP contribution in [0.25, 0.3) is 0 Å². The molecule has 110 valence electrons. The molecule has 1 aliphatic rings. The quantitative estimate of drug-likeness (QED) is 0.752. The molecule has 2 rings (SSSR count). The molecular weight excluding hydrogens is 250 g/mol. The van der Waals surface area contributed by atoms with E-state index in [1.54, 1.807) is 0 Å². The van der Waals surface area contributed by atoms with Crippen LogP contribution in [0.2, 0.25) is 0 Å². The van der Waals surface area contributed by atoms with Gasteiger partial charge in [0.1, 0.15) is 0 Å². The molecule has 3 N–H and O–H groups in total. The summed E-state index contributed by atoms with van der Waals surface area (Å²) in [4.78, 5) is 14.5. The number of carbonyl (C=O) groups is 1. The summed E-state index contributed by atoms with van der Waals surface area (Å²) < 4.78 is 0.